The zero-order valence-corrected chi connectivity index (χ0v) is 16.4. The maximum Gasteiger partial charge on any atom is 0.326 e. The van der Waals surface area contributed by atoms with Crippen molar-refractivity contribution in [3.05, 3.63) is 28.6 Å². The van der Waals surface area contributed by atoms with E-state index in [9.17, 15) is 9.59 Å². The van der Waals surface area contributed by atoms with Crippen LogP contribution in [-0.2, 0) is 19.1 Å². The molecule has 1 unspecified atom stereocenters. The Balaban J connectivity index is 1.89. The van der Waals surface area contributed by atoms with E-state index in [1.165, 1.54) is 12.0 Å². The van der Waals surface area contributed by atoms with Gasteiger partial charge in [0.05, 0.1) is 23.0 Å². The van der Waals surface area contributed by atoms with Crippen LogP contribution < -0.4 is 9.64 Å². The molecule has 2 aromatic rings. The van der Waals surface area contributed by atoms with E-state index in [4.69, 9.17) is 14.2 Å². The molecule has 1 aliphatic heterocycles. The summed E-state index contributed by atoms with van der Waals surface area (Å²) in [5, 5.41) is 2.92. The average molecular weight is 390 g/mol. The van der Waals surface area contributed by atoms with Gasteiger partial charge in [-0.15, -0.1) is 11.3 Å². The number of esters is 1. The van der Waals surface area contributed by atoms with Crippen molar-refractivity contribution in [1.82, 2.24) is 4.98 Å². The summed E-state index contributed by atoms with van der Waals surface area (Å²) < 4.78 is 15.8. The Hall–Kier alpha value is -2.45. The van der Waals surface area contributed by atoms with E-state index in [0.717, 1.165) is 16.3 Å². The Morgan fingerprint density at radius 1 is 1.37 bits per heavy atom. The minimum Gasteiger partial charge on any atom is -0.478 e. The SMILES string of the molecule is CCC1Oc2ccc(-c3csc(C)n3)cc2N(CC(=O)OCCOC)C1=O. The molecule has 1 aromatic heterocycles. The monoisotopic (exact) mass is 390 g/mol. The van der Waals surface area contributed by atoms with Crippen molar-refractivity contribution in [3.63, 3.8) is 0 Å². The van der Waals surface area contributed by atoms with Crippen molar-refractivity contribution in [2.75, 3.05) is 31.8 Å². The molecule has 0 bridgehead atoms. The Bertz CT molecular complexity index is 835. The summed E-state index contributed by atoms with van der Waals surface area (Å²) in [5.41, 5.74) is 2.24. The van der Waals surface area contributed by atoms with E-state index in [-0.39, 0.29) is 19.1 Å². The molecule has 0 N–H and O–H groups in total. The van der Waals surface area contributed by atoms with Crippen molar-refractivity contribution in [2.45, 2.75) is 26.4 Å². The van der Waals surface area contributed by atoms with Gasteiger partial charge in [0.15, 0.2) is 6.10 Å². The molecule has 7 nitrogen and oxygen atoms in total. The Kier molecular flexibility index (Phi) is 6.08. The number of benzene rings is 1. The predicted octanol–water partition coefficient (Wildman–Crippen LogP) is 2.81. The van der Waals surface area contributed by atoms with Crippen LogP contribution in [0.2, 0.25) is 0 Å². The molecule has 1 aromatic carbocycles. The largest absolute Gasteiger partial charge is 0.478 e. The van der Waals surface area contributed by atoms with Crippen molar-refractivity contribution in [3.8, 4) is 17.0 Å². The minimum atomic E-state index is -0.614. The van der Waals surface area contributed by atoms with Crippen LogP contribution in [0, 0.1) is 6.92 Å². The number of ether oxygens (including phenoxy) is 3. The van der Waals surface area contributed by atoms with Crippen LogP contribution in [0.25, 0.3) is 11.3 Å². The second-order valence-electron chi connectivity index (χ2n) is 6.09. The number of carbonyl (C=O) groups is 2. The third kappa shape index (κ3) is 4.28. The van der Waals surface area contributed by atoms with E-state index in [2.05, 4.69) is 4.98 Å². The molecule has 1 atom stereocenters. The lowest BCUT2D eigenvalue weighted by molar-refractivity contribution is -0.144. The summed E-state index contributed by atoms with van der Waals surface area (Å²) in [6.07, 6.45) is -0.0998. The standard InChI is InChI=1S/C19H22N2O5S/c1-4-16-19(23)21(10-18(22)25-8-7-24-3)15-9-13(5-6-17(15)26-16)14-11-27-12(2)20-14/h5-6,9,11,16H,4,7-8,10H2,1-3H3. The number of aromatic nitrogens is 1. The Labute approximate surface area is 161 Å². The quantitative estimate of drug-likeness (QED) is 0.534. The summed E-state index contributed by atoms with van der Waals surface area (Å²) in [6, 6.07) is 5.55. The second kappa shape index (κ2) is 8.49. The van der Waals surface area contributed by atoms with Crippen LogP contribution in [0.15, 0.2) is 23.6 Å². The molecule has 0 aliphatic carbocycles. The number of carbonyl (C=O) groups excluding carboxylic acids is 2. The van der Waals surface area contributed by atoms with Gasteiger partial charge < -0.3 is 14.2 Å². The fraction of sp³-hybridized carbons (Fsp3) is 0.421. The van der Waals surface area contributed by atoms with Gasteiger partial charge in [0.25, 0.3) is 5.91 Å². The van der Waals surface area contributed by atoms with Crippen LogP contribution in [0.3, 0.4) is 0 Å². The number of fused-ring (bicyclic) bond motifs is 1. The lowest BCUT2D eigenvalue weighted by atomic mass is 10.1. The lowest BCUT2D eigenvalue weighted by Gasteiger charge is -2.33. The van der Waals surface area contributed by atoms with Gasteiger partial charge in [-0.25, -0.2) is 4.98 Å². The number of nitrogens with zero attached hydrogens (tertiary/aromatic N) is 2. The number of thiazole rings is 1. The summed E-state index contributed by atoms with van der Waals surface area (Å²) in [7, 11) is 1.53. The molecular weight excluding hydrogens is 368 g/mol. The molecule has 1 amide bonds. The summed E-state index contributed by atoms with van der Waals surface area (Å²) in [6.45, 7) is 4.10. The molecule has 8 heteroatoms. The molecule has 0 fully saturated rings. The zero-order chi connectivity index (χ0) is 19.4. The molecule has 0 spiro atoms. The molecule has 0 saturated carbocycles. The van der Waals surface area contributed by atoms with Crippen LogP contribution in [0.5, 0.6) is 5.75 Å². The van der Waals surface area contributed by atoms with Crippen LogP contribution >= 0.6 is 11.3 Å². The predicted molar refractivity (Wildman–Crippen MR) is 102 cm³/mol. The third-order valence-electron chi connectivity index (χ3n) is 4.18. The number of anilines is 1. The van der Waals surface area contributed by atoms with Gasteiger partial charge in [-0.2, -0.15) is 0 Å². The zero-order valence-electron chi connectivity index (χ0n) is 15.6. The van der Waals surface area contributed by atoms with Gasteiger partial charge in [0, 0.05) is 18.1 Å². The van der Waals surface area contributed by atoms with Gasteiger partial charge in [0.2, 0.25) is 0 Å². The molecule has 0 radical (unpaired) electrons. The van der Waals surface area contributed by atoms with Gasteiger partial charge >= 0.3 is 5.97 Å². The topological polar surface area (TPSA) is 78.0 Å². The highest BCUT2D eigenvalue weighted by molar-refractivity contribution is 7.09. The molecule has 144 valence electrons. The number of hydrogen-bond acceptors (Lipinski definition) is 7. The van der Waals surface area contributed by atoms with Gasteiger partial charge in [-0.3, -0.25) is 14.5 Å². The number of rotatable bonds is 7. The first-order valence-electron chi connectivity index (χ1n) is 8.72. The van der Waals surface area contributed by atoms with E-state index in [1.54, 1.807) is 11.3 Å². The van der Waals surface area contributed by atoms with Crippen molar-refractivity contribution < 1.29 is 23.8 Å². The number of hydrogen-bond donors (Lipinski definition) is 0. The first-order valence-corrected chi connectivity index (χ1v) is 9.60. The van der Waals surface area contributed by atoms with E-state index < -0.39 is 12.1 Å². The molecule has 1 aliphatic rings. The van der Waals surface area contributed by atoms with Crippen LogP contribution in [0.1, 0.15) is 18.4 Å². The molecule has 0 saturated heterocycles. The minimum absolute atomic E-state index is 0.149. The maximum absolute atomic E-state index is 12.8. The summed E-state index contributed by atoms with van der Waals surface area (Å²) in [5.74, 6) is -0.167. The van der Waals surface area contributed by atoms with E-state index >= 15 is 0 Å². The maximum atomic E-state index is 12.8. The first-order chi connectivity index (χ1) is 13.0. The van der Waals surface area contributed by atoms with Crippen molar-refractivity contribution >= 4 is 28.9 Å². The van der Waals surface area contributed by atoms with E-state index in [1.807, 2.05) is 37.4 Å². The Morgan fingerprint density at radius 3 is 2.85 bits per heavy atom. The normalized spacial score (nSPS) is 16.0. The Morgan fingerprint density at radius 2 is 2.19 bits per heavy atom. The number of aryl methyl sites for hydroxylation is 1. The van der Waals surface area contributed by atoms with Crippen LogP contribution in [0.4, 0.5) is 5.69 Å². The molecule has 27 heavy (non-hydrogen) atoms. The number of amides is 1. The smallest absolute Gasteiger partial charge is 0.326 e. The highest BCUT2D eigenvalue weighted by atomic mass is 32.1. The average Bonchev–Trinajstić information content (AvgIpc) is 3.10. The summed E-state index contributed by atoms with van der Waals surface area (Å²) >= 11 is 1.55. The first kappa shape index (κ1) is 19.3. The number of methoxy groups -OCH3 is 1. The fourth-order valence-electron chi connectivity index (χ4n) is 2.81. The fourth-order valence-corrected chi connectivity index (χ4v) is 3.44. The highest BCUT2D eigenvalue weighted by Crippen LogP contribution is 2.38. The second-order valence-corrected chi connectivity index (χ2v) is 7.15. The van der Waals surface area contributed by atoms with Crippen LogP contribution in [-0.4, -0.2) is 49.8 Å². The lowest BCUT2D eigenvalue weighted by Crippen LogP contribution is -2.48. The van der Waals surface area contributed by atoms with Gasteiger partial charge in [-0.1, -0.05) is 6.92 Å². The van der Waals surface area contributed by atoms with Gasteiger partial charge in [0.1, 0.15) is 18.9 Å². The third-order valence-corrected chi connectivity index (χ3v) is 4.96. The highest BCUT2D eigenvalue weighted by Gasteiger charge is 2.35. The van der Waals surface area contributed by atoms with E-state index in [0.29, 0.717) is 24.5 Å². The molecular formula is C19H22N2O5S. The molecule has 3 rings (SSSR count). The van der Waals surface area contributed by atoms with Crippen molar-refractivity contribution in [2.24, 2.45) is 0 Å². The molecule has 2 heterocycles. The summed E-state index contributed by atoms with van der Waals surface area (Å²) in [4.78, 5) is 30.9. The van der Waals surface area contributed by atoms with Crippen molar-refractivity contribution in [1.29, 1.82) is 0 Å². The van der Waals surface area contributed by atoms with Gasteiger partial charge in [-0.05, 0) is 31.5 Å².